The second-order valence-electron chi connectivity index (χ2n) is 7.37. The van der Waals surface area contributed by atoms with Gasteiger partial charge < -0.3 is 15.0 Å². The molecule has 28 heavy (non-hydrogen) atoms. The van der Waals surface area contributed by atoms with Gasteiger partial charge in [0.25, 0.3) is 0 Å². The summed E-state index contributed by atoms with van der Waals surface area (Å²) in [5, 5.41) is 2.95. The van der Waals surface area contributed by atoms with E-state index in [1.807, 2.05) is 31.2 Å². The molecule has 0 unspecified atom stereocenters. The van der Waals surface area contributed by atoms with Gasteiger partial charge in [0.2, 0.25) is 5.91 Å². The summed E-state index contributed by atoms with van der Waals surface area (Å²) in [6.07, 6.45) is 1.09. The van der Waals surface area contributed by atoms with Gasteiger partial charge in [-0.05, 0) is 36.6 Å². The van der Waals surface area contributed by atoms with Crippen molar-refractivity contribution in [3.63, 3.8) is 0 Å². The molecule has 3 rings (SSSR count). The third-order valence-corrected chi connectivity index (χ3v) is 5.07. The fraction of sp³-hybridized carbons (Fsp3) is 0.435. The average Bonchev–Trinajstić information content (AvgIpc) is 2.72. The van der Waals surface area contributed by atoms with E-state index < -0.39 is 0 Å². The number of amides is 1. The van der Waals surface area contributed by atoms with Crippen LogP contribution in [0, 0.1) is 6.92 Å². The van der Waals surface area contributed by atoms with Crippen LogP contribution in [0.15, 0.2) is 54.6 Å². The van der Waals surface area contributed by atoms with Crippen LogP contribution in [0.2, 0.25) is 0 Å². The van der Waals surface area contributed by atoms with Crippen LogP contribution in [-0.2, 0) is 11.2 Å². The Morgan fingerprint density at radius 2 is 1.75 bits per heavy atom. The highest BCUT2D eigenvalue weighted by molar-refractivity contribution is 5.78. The van der Waals surface area contributed by atoms with E-state index in [4.69, 9.17) is 4.74 Å². The van der Waals surface area contributed by atoms with Crippen LogP contribution in [0.1, 0.15) is 11.1 Å². The molecule has 0 radical (unpaired) electrons. The zero-order valence-electron chi connectivity index (χ0n) is 16.8. The monoisotopic (exact) mass is 381 g/mol. The van der Waals surface area contributed by atoms with E-state index in [-0.39, 0.29) is 5.91 Å². The second-order valence-corrected chi connectivity index (χ2v) is 7.37. The maximum Gasteiger partial charge on any atom is 0.234 e. The Bertz CT molecular complexity index is 728. The molecule has 5 nitrogen and oxygen atoms in total. The summed E-state index contributed by atoms with van der Waals surface area (Å²) in [5.74, 6) is 0.923. The Morgan fingerprint density at radius 1 is 1.00 bits per heavy atom. The minimum absolute atomic E-state index is 0.0746. The van der Waals surface area contributed by atoms with Gasteiger partial charge >= 0.3 is 0 Å². The van der Waals surface area contributed by atoms with E-state index in [0.29, 0.717) is 19.7 Å². The van der Waals surface area contributed by atoms with Gasteiger partial charge in [0, 0.05) is 32.7 Å². The lowest BCUT2D eigenvalue weighted by Crippen LogP contribution is -2.50. The van der Waals surface area contributed by atoms with Crippen LogP contribution in [0.3, 0.4) is 0 Å². The van der Waals surface area contributed by atoms with Gasteiger partial charge in [0.1, 0.15) is 12.4 Å². The number of carbonyl (C=O) groups is 1. The van der Waals surface area contributed by atoms with Crippen LogP contribution in [-0.4, -0.2) is 68.1 Å². The maximum atomic E-state index is 12.1. The minimum Gasteiger partial charge on any atom is -0.492 e. The van der Waals surface area contributed by atoms with Crippen molar-refractivity contribution in [2.75, 3.05) is 52.4 Å². The molecule has 0 aromatic heterocycles. The molecule has 1 fully saturated rings. The molecule has 2 aromatic carbocycles. The van der Waals surface area contributed by atoms with E-state index >= 15 is 0 Å². The Balaban J connectivity index is 1.26. The lowest BCUT2D eigenvalue weighted by Gasteiger charge is -2.34. The Labute approximate surface area is 168 Å². The maximum absolute atomic E-state index is 12.1. The zero-order chi connectivity index (χ0) is 19.6. The van der Waals surface area contributed by atoms with E-state index in [1.54, 1.807) is 0 Å². The molecule has 1 saturated heterocycles. The third-order valence-electron chi connectivity index (χ3n) is 5.07. The number of hydrogen-bond acceptors (Lipinski definition) is 4. The van der Waals surface area contributed by atoms with Crippen LogP contribution < -0.4 is 10.1 Å². The molecule has 1 heterocycles. The number of nitrogens with one attached hydrogen (secondary N) is 1. The van der Waals surface area contributed by atoms with Crippen molar-refractivity contribution in [3.8, 4) is 5.75 Å². The number of aryl methyl sites for hydroxylation is 1. The van der Waals surface area contributed by atoms with Crippen molar-refractivity contribution >= 4 is 5.91 Å². The number of hydrogen-bond donors (Lipinski definition) is 1. The smallest absolute Gasteiger partial charge is 0.234 e. The van der Waals surface area contributed by atoms with Crippen molar-refractivity contribution < 1.29 is 9.53 Å². The first-order valence-electron chi connectivity index (χ1n) is 10.1. The van der Waals surface area contributed by atoms with E-state index in [2.05, 4.69) is 45.4 Å². The molecule has 150 valence electrons. The van der Waals surface area contributed by atoms with Crippen molar-refractivity contribution in [3.05, 3.63) is 65.7 Å². The van der Waals surface area contributed by atoms with Crippen molar-refractivity contribution in [2.24, 2.45) is 0 Å². The molecule has 2 aromatic rings. The summed E-state index contributed by atoms with van der Waals surface area (Å²) in [6, 6.07) is 18.6. The molecule has 1 aliphatic heterocycles. The molecule has 0 atom stereocenters. The molecule has 0 spiro atoms. The predicted molar refractivity (Wildman–Crippen MR) is 113 cm³/mol. The molecule has 0 aliphatic carbocycles. The highest BCUT2D eigenvalue weighted by Crippen LogP contribution is 2.11. The van der Waals surface area contributed by atoms with Gasteiger partial charge in [-0.25, -0.2) is 0 Å². The number of carbonyl (C=O) groups excluding carboxylic acids is 1. The van der Waals surface area contributed by atoms with Gasteiger partial charge in [-0.3, -0.25) is 9.69 Å². The summed E-state index contributed by atoms with van der Waals surface area (Å²) < 4.78 is 5.67. The van der Waals surface area contributed by atoms with Gasteiger partial charge in [0.05, 0.1) is 13.1 Å². The van der Waals surface area contributed by atoms with E-state index in [9.17, 15) is 4.79 Å². The number of rotatable bonds is 9. The molecule has 5 heteroatoms. The average molecular weight is 382 g/mol. The van der Waals surface area contributed by atoms with Crippen LogP contribution in [0.25, 0.3) is 0 Å². The second kappa shape index (κ2) is 10.8. The Kier molecular flexibility index (Phi) is 7.88. The number of nitrogens with zero attached hydrogens (tertiary/aromatic N) is 2. The minimum atomic E-state index is 0.0746. The van der Waals surface area contributed by atoms with Gasteiger partial charge in [-0.15, -0.1) is 0 Å². The molecule has 0 bridgehead atoms. The highest BCUT2D eigenvalue weighted by atomic mass is 16.5. The zero-order valence-corrected chi connectivity index (χ0v) is 16.8. The van der Waals surface area contributed by atoms with Crippen molar-refractivity contribution in [2.45, 2.75) is 13.3 Å². The molecular weight excluding hydrogens is 350 g/mol. The van der Waals surface area contributed by atoms with Crippen LogP contribution in [0.5, 0.6) is 5.75 Å². The van der Waals surface area contributed by atoms with E-state index in [0.717, 1.165) is 44.9 Å². The van der Waals surface area contributed by atoms with Crippen LogP contribution in [0.4, 0.5) is 0 Å². The standard InChI is InChI=1S/C23H31N3O2/c1-20-6-5-9-22(18-20)28-17-11-24-23(27)19-26-15-13-25(14-16-26)12-10-21-7-3-2-4-8-21/h2-9,18H,10-17,19H2,1H3,(H,24,27). The van der Waals surface area contributed by atoms with Gasteiger partial charge in [-0.2, -0.15) is 0 Å². The summed E-state index contributed by atoms with van der Waals surface area (Å²) in [6.45, 7) is 8.55. The number of benzene rings is 2. The number of ether oxygens (including phenoxy) is 1. The lowest BCUT2D eigenvalue weighted by atomic mass is 10.1. The summed E-state index contributed by atoms with van der Waals surface area (Å²) in [4.78, 5) is 16.9. The first kappa shape index (κ1) is 20.4. The topological polar surface area (TPSA) is 44.8 Å². The Hall–Kier alpha value is -2.37. The largest absolute Gasteiger partial charge is 0.492 e. The molecule has 1 N–H and O–H groups in total. The van der Waals surface area contributed by atoms with E-state index in [1.165, 1.54) is 11.1 Å². The fourth-order valence-electron chi connectivity index (χ4n) is 3.43. The summed E-state index contributed by atoms with van der Waals surface area (Å²) in [7, 11) is 0. The van der Waals surface area contributed by atoms with Crippen LogP contribution >= 0.6 is 0 Å². The first-order valence-corrected chi connectivity index (χ1v) is 10.1. The lowest BCUT2D eigenvalue weighted by molar-refractivity contribution is -0.122. The quantitative estimate of drug-likeness (QED) is 0.678. The highest BCUT2D eigenvalue weighted by Gasteiger charge is 2.18. The van der Waals surface area contributed by atoms with Gasteiger partial charge in [-0.1, -0.05) is 42.5 Å². The number of piperazine rings is 1. The Morgan fingerprint density at radius 3 is 2.50 bits per heavy atom. The van der Waals surface area contributed by atoms with Gasteiger partial charge in [0.15, 0.2) is 0 Å². The molecule has 1 aliphatic rings. The van der Waals surface area contributed by atoms with Crippen molar-refractivity contribution in [1.29, 1.82) is 0 Å². The molecular formula is C23H31N3O2. The van der Waals surface area contributed by atoms with Crippen molar-refractivity contribution in [1.82, 2.24) is 15.1 Å². The summed E-state index contributed by atoms with van der Waals surface area (Å²) >= 11 is 0. The predicted octanol–water partition coefficient (Wildman–Crippen LogP) is 2.35. The molecule has 1 amide bonds. The summed E-state index contributed by atoms with van der Waals surface area (Å²) in [5.41, 5.74) is 2.56. The fourth-order valence-corrected chi connectivity index (χ4v) is 3.43. The SMILES string of the molecule is Cc1cccc(OCCNC(=O)CN2CCN(CCc3ccccc3)CC2)c1. The third kappa shape index (κ3) is 6.98. The first-order chi connectivity index (χ1) is 13.7. The normalized spacial score (nSPS) is 15.3. The molecule has 0 saturated carbocycles.